The van der Waals surface area contributed by atoms with Crippen molar-refractivity contribution in [2.45, 2.75) is 25.8 Å². The Hall–Kier alpha value is -3.10. The lowest BCUT2D eigenvalue weighted by atomic mass is 10.0. The van der Waals surface area contributed by atoms with Gasteiger partial charge in [0.05, 0.1) is 6.04 Å². The second kappa shape index (κ2) is 11.6. The van der Waals surface area contributed by atoms with Gasteiger partial charge in [-0.2, -0.15) is 0 Å². The molecule has 0 saturated heterocycles. The summed E-state index contributed by atoms with van der Waals surface area (Å²) in [6, 6.07) is 14.4. The number of nitrogens with one attached hydrogen (secondary N) is 1. The van der Waals surface area contributed by atoms with Gasteiger partial charge in [-0.1, -0.05) is 36.7 Å². The van der Waals surface area contributed by atoms with E-state index in [-0.39, 0.29) is 36.9 Å². The van der Waals surface area contributed by atoms with Gasteiger partial charge in [-0.25, -0.2) is 9.18 Å². The highest BCUT2D eigenvalue weighted by Gasteiger charge is 2.33. The predicted molar refractivity (Wildman–Crippen MR) is 137 cm³/mol. The lowest BCUT2D eigenvalue weighted by Crippen LogP contribution is -2.48. The van der Waals surface area contributed by atoms with Gasteiger partial charge in [0.25, 0.3) is 0 Å². The number of nitrogens with zero attached hydrogens (tertiary/aromatic N) is 2. The number of hydrogen-bond donors (Lipinski definition) is 1. The first kappa shape index (κ1) is 25.0. The number of carbonyl (C=O) groups excluding carboxylic acids is 2. The molecule has 1 aromatic heterocycles. The Labute approximate surface area is 213 Å². The number of carbonyl (C=O) groups is 2. The molecule has 3 aromatic rings. The van der Waals surface area contributed by atoms with Crippen LogP contribution < -0.4 is 10.1 Å². The second-order valence-corrected chi connectivity index (χ2v) is 9.69. The molecule has 0 bridgehead atoms. The van der Waals surface area contributed by atoms with Crippen molar-refractivity contribution in [3.8, 4) is 5.75 Å². The van der Waals surface area contributed by atoms with Crippen LogP contribution in [0, 0.1) is 5.82 Å². The number of rotatable bonds is 8. The lowest BCUT2D eigenvalue weighted by molar-refractivity contribution is -0.135. The molecule has 0 spiro atoms. The minimum atomic E-state index is -0.446. The van der Waals surface area contributed by atoms with Gasteiger partial charge in [0.2, 0.25) is 5.91 Å². The Bertz CT molecular complexity index is 1190. The normalized spacial score (nSPS) is 14.8. The van der Waals surface area contributed by atoms with E-state index in [2.05, 4.69) is 5.32 Å². The number of halogens is 2. The molecule has 9 heteroatoms. The molecule has 0 saturated carbocycles. The van der Waals surface area contributed by atoms with Crippen molar-refractivity contribution >= 4 is 40.6 Å². The number of amides is 3. The van der Waals surface area contributed by atoms with Gasteiger partial charge >= 0.3 is 6.03 Å². The van der Waals surface area contributed by atoms with Crippen molar-refractivity contribution in [2.75, 3.05) is 31.6 Å². The van der Waals surface area contributed by atoms with Crippen molar-refractivity contribution in [1.82, 2.24) is 9.80 Å². The van der Waals surface area contributed by atoms with E-state index in [9.17, 15) is 14.0 Å². The third kappa shape index (κ3) is 6.13. The molecule has 4 rings (SSSR count). The third-order valence-corrected chi connectivity index (χ3v) is 7.06. The molecule has 0 radical (unpaired) electrons. The number of hydrogen-bond acceptors (Lipinski definition) is 4. The second-order valence-electron chi connectivity index (χ2n) is 8.26. The highest BCUT2D eigenvalue weighted by atomic mass is 35.5. The Morgan fingerprint density at radius 2 is 2.06 bits per heavy atom. The van der Waals surface area contributed by atoms with E-state index < -0.39 is 5.82 Å². The fourth-order valence-electron chi connectivity index (χ4n) is 4.15. The fraction of sp³-hybridized carbons (Fsp3) is 0.308. The van der Waals surface area contributed by atoms with Crippen molar-refractivity contribution < 1.29 is 18.7 Å². The van der Waals surface area contributed by atoms with E-state index in [0.29, 0.717) is 30.2 Å². The molecule has 184 valence electrons. The largest absolute Gasteiger partial charge is 0.488 e. The maximum atomic E-state index is 14.1. The lowest BCUT2D eigenvalue weighted by Gasteiger charge is -2.37. The first-order valence-electron chi connectivity index (χ1n) is 11.5. The summed E-state index contributed by atoms with van der Waals surface area (Å²) in [5.74, 6) is -0.479. The van der Waals surface area contributed by atoms with Crippen molar-refractivity contribution in [2.24, 2.45) is 0 Å². The van der Waals surface area contributed by atoms with Crippen LogP contribution >= 0.6 is 22.9 Å². The van der Waals surface area contributed by atoms with Crippen LogP contribution in [0.4, 0.5) is 14.9 Å². The van der Waals surface area contributed by atoms with Crippen LogP contribution in [0.3, 0.4) is 0 Å². The molecule has 1 N–H and O–H groups in total. The number of fused-ring (bicyclic) bond motifs is 1. The highest BCUT2D eigenvalue weighted by molar-refractivity contribution is 7.10. The van der Waals surface area contributed by atoms with Gasteiger partial charge in [-0.05, 0) is 60.2 Å². The topological polar surface area (TPSA) is 61.9 Å². The molecular weight excluding hydrogens is 489 g/mol. The minimum absolute atomic E-state index is 0.0735. The third-order valence-electron chi connectivity index (χ3n) is 5.83. The number of benzene rings is 2. The van der Waals surface area contributed by atoms with E-state index in [1.165, 1.54) is 15.8 Å². The summed E-state index contributed by atoms with van der Waals surface area (Å²) in [6.07, 6.45) is 1.43. The number of anilines is 1. The highest BCUT2D eigenvalue weighted by Crippen LogP contribution is 2.34. The summed E-state index contributed by atoms with van der Waals surface area (Å²) in [5, 5.41) is 5.33. The average Bonchev–Trinajstić information content (AvgIpc) is 3.32. The minimum Gasteiger partial charge on any atom is -0.488 e. The quantitative estimate of drug-likeness (QED) is 0.401. The van der Waals surface area contributed by atoms with E-state index in [1.54, 1.807) is 58.7 Å². The van der Waals surface area contributed by atoms with Gasteiger partial charge in [-0.15, -0.1) is 11.3 Å². The molecule has 0 aliphatic carbocycles. The summed E-state index contributed by atoms with van der Waals surface area (Å²) in [6.45, 7) is 2.93. The maximum Gasteiger partial charge on any atom is 0.322 e. The standard InChI is InChI=1S/C26H27ClFN3O3S/c1-2-12-30(26(33)29-19-7-5-6-18(27)15-19)16-25(32)31-13-10-24-20(11-14-35-24)22(31)17-34-23-9-4-3-8-21(23)28/h3-9,11,14-15,22H,2,10,12-13,16-17H2,1H3,(H,29,33)/t22-/m0/s1. The summed E-state index contributed by atoms with van der Waals surface area (Å²) in [5.41, 5.74) is 1.57. The molecule has 1 atom stereocenters. The predicted octanol–water partition coefficient (Wildman–Crippen LogP) is 5.99. The van der Waals surface area contributed by atoms with Crippen LogP contribution in [0.1, 0.15) is 29.8 Å². The first-order valence-corrected chi connectivity index (χ1v) is 12.8. The van der Waals surface area contributed by atoms with Gasteiger partial charge in [0, 0.05) is 28.7 Å². The summed E-state index contributed by atoms with van der Waals surface area (Å²) in [7, 11) is 0. The molecule has 0 fully saturated rings. The van der Waals surface area contributed by atoms with Crippen LogP contribution in [-0.4, -0.2) is 48.0 Å². The van der Waals surface area contributed by atoms with Crippen LogP contribution in [0.15, 0.2) is 60.0 Å². The van der Waals surface area contributed by atoms with Gasteiger partial charge < -0.3 is 19.9 Å². The van der Waals surface area contributed by atoms with Gasteiger partial charge in [-0.3, -0.25) is 4.79 Å². The van der Waals surface area contributed by atoms with Crippen molar-refractivity contribution in [3.63, 3.8) is 0 Å². The molecule has 6 nitrogen and oxygen atoms in total. The molecule has 2 aromatic carbocycles. The molecule has 2 heterocycles. The van der Waals surface area contributed by atoms with Crippen molar-refractivity contribution in [1.29, 1.82) is 0 Å². The molecule has 3 amide bonds. The number of ether oxygens (including phenoxy) is 1. The summed E-state index contributed by atoms with van der Waals surface area (Å²) < 4.78 is 19.9. The Kier molecular flexibility index (Phi) is 8.25. The van der Waals surface area contributed by atoms with Crippen LogP contribution in [-0.2, 0) is 11.2 Å². The number of para-hydroxylation sites is 1. The van der Waals surface area contributed by atoms with E-state index in [4.69, 9.17) is 16.3 Å². The zero-order chi connectivity index (χ0) is 24.8. The zero-order valence-electron chi connectivity index (χ0n) is 19.4. The molecule has 1 aliphatic rings. The van der Waals surface area contributed by atoms with E-state index in [0.717, 1.165) is 12.0 Å². The number of thiophene rings is 1. The van der Waals surface area contributed by atoms with E-state index >= 15 is 0 Å². The Morgan fingerprint density at radius 3 is 2.83 bits per heavy atom. The molecule has 1 aliphatic heterocycles. The van der Waals surface area contributed by atoms with Crippen molar-refractivity contribution in [3.05, 3.63) is 81.3 Å². The first-order chi connectivity index (χ1) is 17.0. The Balaban J connectivity index is 1.48. The Morgan fingerprint density at radius 1 is 1.23 bits per heavy atom. The van der Waals surface area contributed by atoms with Crippen LogP contribution in [0.5, 0.6) is 5.75 Å². The van der Waals surface area contributed by atoms with Gasteiger partial charge in [0.15, 0.2) is 11.6 Å². The molecular formula is C26H27ClFN3O3S. The fourth-order valence-corrected chi connectivity index (χ4v) is 5.27. The smallest absolute Gasteiger partial charge is 0.322 e. The molecule has 35 heavy (non-hydrogen) atoms. The monoisotopic (exact) mass is 515 g/mol. The zero-order valence-corrected chi connectivity index (χ0v) is 20.9. The summed E-state index contributed by atoms with van der Waals surface area (Å²) >= 11 is 7.67. The SMILES string of the molecule is CCCN(CC(=O)N1CCc2sccc2[C@@H]1COc1ccccc1F)C(=O)Nc1cccc(Cl)c1. The maximum absolute atomic E-state index is 14.1. The summed E-state index contributed by atoms with van der Waals surface area (Å²) in [4.78, 5) is 30.9. The van der Waals surface area contributed by atoms with E-state index in [1.807, 2.05) is 18.4 Å². The van der Waals surface area contributed by atoms with Gasteiger partial charge in [0.1, 0.15) is 13.2 Å². The molecule has 0 unspecified atom stereocenters. The van der Waals surface area contributed by atoms with Crippen LogP contribution in [0.2, 0.25) is 5.02 Å². The number of urea groups is 1. The van der Waals surface area contributed by atoms with Crippen LogP contribution in [0.25, 0.3) is 0 Å². The average molecular weight is 516 g/mol.